The predicted octanol–water partition coefficient (Wildman–Crippen LogP) is 3.12. The van der Waals surface area contributed by atoms with Crippen LogP contribution in [0.25, 0.3) is 0 Å². The zero-order valence-electron chi connectivity index (χ0n) is 11.9. The first-order valence-corrected chi connectivity index (χ1v) is 8.56. The van der Waals surface area contributed by atoms with Crippen LogP contribution >= 0.6 is 11.8 Å². The lowest BCUT2D eigenvalue weighted by Crippen LogP contribution is -2.46. The first kappa shape index (κ1) is 13.5. The zero-order chi connectivity index (χ0) is 13.2. The minimum Gasteiger partial charge on any atom is -0.311 e. The highest BCUT2D eigenvalue weighted by Gasteiger charge is 2.34. The summed E-state index contributed by atoms with van der Waals surface area (Å²) >= 11 is 1.81. The number of nitrogens with zero attached hydrogens (tertiary/aromatic N) is 1. The summed E-state index contributed by atoms with van der Waals surface area (Å²) in [6.45, 7) is 1.08. The summed E-state index contributed by atoms with van der Waals surface area (Å²) in [4.78, 5) is 3.91. The van der Waals surface area contributed by atoms with Crippen molar-refractivity contribution in [2.45, 2.75) is 55.2 Å². The van der Waals surface area contributed by atoms with Gasteiger partial charge in [0.1, 0.15) is 0 Å². The van der Waals surface area contributed by atoms with Crippen LogP contribution in [0.1, 0.15) is 31.2 Å². The normalized spacial score (nSPS) is 29.9. The van der Waals surface area contributed by atoms with Crippen LogP contribution in [0.4, 0.5) is 0 Å². The number of hydrogen-bond acceptors (Lipinski definition) is 3. The van der Waals surface area contributed by atoms with Gasteiger partial charge in [0.25, 0.3) is 0 Å². The molecule has 2 bridgehead atoms. The molecule has 104 valence electrons. The van der Waals surface area contributed by atoms with E-state index in [1.807, 2.05) is 11.8 Å². The maximum absolute atomic E-state index is 3.72. The number of benzene rings is 1. The quantitative estimate of drug-likeness (QED) is 0.851. The molecule has 0 saturated carbocycles. The molecular formula is C16H24N2S. The molecule has 2 aliphatic heterocycles. The number of hydrogen-bond donors (Lipinski definition) is 1. The Bertz CT molecular complexity index is 405. The summed E-state index contributed by atoms with van der Waals surface area (Å²) in [5.41, 5.74) is 1.44. The summed E-state index contributed by atoms with van der Waals surface area (Å²) in [6.07, 6.45) is 7.56. The Morgan fingerprint density at radius 1 is 1.16 bits per heavy atom. The second-order valence-electron chi connectivity index (χ2n) is 6.03. The van der Waals surface area contributed by atoms with Gasteiger partial charge in [0.05, 0.1) is 0 Å². The maximum Gasteiger partial charge on any atom is 0.0233 e. The molecule has 2 saturated heterocycles. The zero-order valence-corrected chi connectivity index (χ0v) is 12.7. The Morgan fingerprint density at radius 2 is 1.79 bits per heavy atom. The van der Waals surface area contributed by atoms with Gasteiger partial charge in [-0.3, -0.25) is 4.90 Å². The smallest absolute Gasteiger partial charge is 0.0233 e. The third-order valence-electron chi connectivity index (χ3n) is 4.66. The molecule has 3 rings (SSSR count). The number of fused-ring (bicyclic) bond motifs is 2. The van der Waals surface area contributed by atoms with Crippen molar-refractivity contribution in [3.8, 4) is 0 Å². The van der Waals surface area contributed by atoms with Gasteiger partial charge in [0.2, 0.25) is 0 Å². The molecule has 0 spiro atoms. The molecule has 0 aromatic heterocycles. The van der Waals surface area contributed by atoms with Crippen LogP contribution in [0.15, 0.2) is 29.2 Å². The minimum atomic E-state index is 0.763. The molecule has 2 aliphatic rings. The molecule has 0 radical (unpaired) electrons. The Morgan fingerprint density at radius 3 is 2.37 bits per heavy atom. The number of thioether (sulfide) groups is 1. The van der Waals surface area contributed by atoms with Crippen molar-refractivity contribution in [1.82, 2.24) is 10.2 Å². The van der Waals surface area contributed by atoms with Gasteiger partial charge < -0.3 is 5.32 Å². The lowest BCUT2D eigenvalue weighted by molar-refractivity contribution is 0.166. The summed E-state index contributed by atoms with van der Waals surface area (Å²) < 4.78 is 0. The number of nitrogens with one attached hydrogen (secondary N) is 1. The van der Waals surface area contributed by atoms with Gasteiger partial charge in [-0.15, -0.1) is 11.8 Å². The molecular weight excluding hydrogens is 252 g/mol. The molecule has 19 heavy (non-hydrogen) atoms. The Hall–Kier alpha value is -0.510. The van der Waals surface area contributed by atoms with Crippen LogP contribution in [-0.2, 0) is 6.54 Å². The fourth-order valence-corrected chi connectivity index (χ4v) is 3.94. The van der Waals surface area contributed by atoms with Crippen LogP contribution < -0.4 is 5.32 Å². The summed E-state index contributed by atoms with van der Waals surface area (Å²) in [5, 5.41) is 3.72. The van der Waals surface area contributed by atoms with E-state index in [0.29, 0.717) is 0 Å². The molecule has 1 N–H and O–H groups in total. The van der Waals surface area contributed by atoms with Crippen LogP contribution in [0.2, 0.25) is 0 Å². The van der Waals surface area contributed by atoms with E-state index in [1.165, 1.54) is 36.1 Å². The number of piperidine rings is 1. The van der Waals surface area contributed by atoms with Gasteiger partial charge in [-0.25, -0.2) is 0 Å². The van der Waals surface area contributed by atoms with Crippen molar-refractivity contribution in [1.29, 1.82) is 0 Å². The fraction of sp³-hybridized carbons (Fsp3) is 0.625. The van der Waals surface area contributed by atoms with Gasteiger partial charge in [-0.1, -0.05) is 12.1 Å². The van der Waals surface area contributed by atoms with Gasteiger partial charge >= 0.3 is 0 Å². The van der Waals surface area contributed by atoms with Crippen LogP contribution in [-0.4, -0.2) is 36.3 Å². The van der Waals surface area contributed by atoms with Gasteiger partial charge in [-0.05, 0) is 56.7 Å². The summed E-state index contributed by atoms with van der Waals surface area (Å²) in [5.74, 6) is 0. The molecule has 2 atom stereocenters. The van der Waals surface area contributed by atoms with Gasteiger partial charge in [0, 0.05) is 29.6 Å². The maximum atomic E-state index is 3.72. The Labute approximate surface area is 121 Å². The molecule has 2 fully saturated rings. The molecule has 2 heterocycles. The first-order valence-electron chi connectivity index (χ1n) is 7.34. The van der Waals surface area contributed by atoms with Crippen molar-refractivity contribution in [2.24, 2.45) is 0 Å². The minimum absolute atomic E-state index is 0.763. The van der Waals surface area contributed by atoms with Crippen molar-refractivity contribution < 1.29 is 0 Å². The van der Waals surface area contributed by atoms with E-state index in [4.69, 9.17) is 0 Å². The Kier molecular flexibility index (Phi) is 4.15. The summed E-state index contributed by atoms with van der Waals surface area (Å²) in [6, 6.07) is 11.4. The lowest BCUT2D eigenvalue weighted by Gasteiger charge is -2.35. The van der Waals surface area contributed by atoms with Crippen molar-refractivity contribution in [3.63, 3.8) is 0 Å². The summed E-state index contributed by atoms with van der Waals surface area (Å²) in [7, 11) is 2.29. The van der Waals surface area contributed by atoms with E-state index in [-0.39, 0.29) is 0 Å². The molecule has 1 aromatic rings. The average molecular weight is 276 g/mol. The highest BCUT2D eigenvalue weighted by Crippen LogP contribution is 2.29. The van der Waals surface area contributed by atoms with E-state index in [9.17, 15) is 0 Å². The van der Waals surface area contributed by atoms with Crippen LogP contribution in [0, 0.1) is 0 Å². The molecule has 2 unspecified atom stereocenters. The molecule has 2 nitrogen and oxygen atoms in total. The topological polar surface area (TPSA) is 15.3 Å². The second-order valence-corrected chi connectivity index (χ2v) is 6.91. The molecule has 3 heteroatoms. The van der Waals surface area contributed by atoms with E-state index in [1.54, 1.807) is 0 Å². The highest BCUT2D eigenvalue weighted by atomic mass is 32.2. The van der Waals surface area contributed by atoms with E-state index >= 15 is 0 Å². The van der Waals surface area contributed by atoms with Crippen LogP contribution in [0.5, 0.6) is 0 Å². The van der Waals surface area contributed by atoms with E-state index in [0.717, 1.165) is 24.7 Å². The standard InChI is InChI=1S/C16H24N2S/c1-18(11-12-3-7-16(19-2)8-4-12)15-9-13-5-6-14(10-15)17-13/h3-4,7-8,13-15,17H,5-6,9-11H2,1-2H3. The van der Waals surface area contributed by atoms with E-state index < -0.39 is 0 Å². The number of rotatable bonds is 4. The van der Waals surface area contributed by atoms with Crippen molar-refractivity contribution >= 4 is 11.8 Å². The van der Waals surface area contributed by atoms with Gasteiger partial charge in [-0.2, -0.15) is 0 Å². The van der Waals surface area contributed by atoms with Crippen LogP contribution in [0.3, 0.4) is 0 Å². The lowest BCUT2D eigenvalue weighted by atomic mass is 9.98. The average Bonchev–Trinajstić information content (AvgIpc) is 2.78. The monoisotopic (exact) mass is 276 g/mol. The molecule has 1 aromatic carbocycles. The molecule has 0 aliphatic carbocycles. The predicted molar refractivity (Wildman–Crippen MR) is 82.7 cm³/mol. The van der Waals surface area contributed by atoms with E-state index in [2.05, 4.69) is 47.8 Å². The Balaban J connectivity index is 1.59. The SMILES string of the molecule is CSc1ccc(CN(C)C2CC3CCC(C2)N3)cc1. The second kappa shape index (κ2) is 5.86. The highest BCUT2D eigenvalue weighted by molar-refractivity contribution is 7.98. The van der Waals surface area contributed by atoms with Crippen molar-refractivity contribution in [3.05, 3.63) is 29.8 Å². The molecule has 0 amide bonds. The third kappa shape index (κ3) is 3.15. The van der Waals surface area contributed by atoms with Gasteiger partial charge in [0.15, 0.2) is 0 Å². The third-order valence-corrected chi connectivity index (χ3v) is 5.41. The largest absolute Gasteiger partial charge is 0.311 e. The first-order chi connectivity index (χ1) is 9.24. The van der Waals surface area contributed by atoms with Crippen molar-refractivity contribution in [2.75, 3.05) is 13.3 Å². The fourth-order valence-electron chi connectivity index (χ4n) is 3.54.